The molecule has 128 valence electrons. The molecule has 2 aliphatic rings. The minimum absolute atomic E-state index is 0.0433. The summed E-state index contributed by atoms with van der Waals surface area (Å²) in [6.07, 6.45) is 2.55. The van der Waals surface area contributed by atoms with Crippen LogP contribution < -0.4 is 16.1 Å². The van der Waals surface area contributed by atoms with Crippen LogP contribution in [-0.4, -0.2) is 42.4 Å². The molecule has 8 nitrogen and oxygen atoms in total. The predicted molar refractivity (Wildman–Crippen MR) is 87.1 cm³/mol. The summed E-state index contributed by atoms with van der Waals surface area (Å²) < 4.78 is 5.13. The van der Waals surface area contributed by atoms with Gasteiger partial charge in [0.15, 0.2) is 0 Å². The molecule has 2 heterocycles. The first kappa shape index (κ1) is 17.2. The number of aliphatic imine (C=N–C) groups is 1. The second-order valence-electron chi connectivity index (χ2n) is 7.09. The molecule has 1 saturated heterocycles. The monoisotopic (exact) mass is 323 g/mol. The first-order valence-corrected chi connectivity index (χ1v) is 7.88. The Labute approximate surface area is 136 Å². The molecule has 0 aromatic carbocycles. The Balaban J connectivity index is 1.81. The molecule has 0 aliphatic carbocycles. The van der Waals surface area contributed by atoms with Gasteiger partial charge in [-0.2, -0.15) is 0 Å². The Morgan fingerprint density at radius 3 is 2.83 bits per heavy atom. The lowest BCUT2D eigenvalue weighted by Crippen LogP contribution is -2.45. The maximum atomic E-state index is 11.9. The van der Waals surface area contributed by atoms with E-state index in [0.717, 1.165) is 13.0 Å². The average Bonchev–Trinajstić information content (AvgIpc) is 2.43. The van der Waals surface area contributed by atoms with E-state index in [1.54, 1.807) is 27.0 Å². The summed E-state index contributed by atoms with van der Waals surface area (Å²) in [5.74, 6) is 0.668. The molecule has 0 saturated carbocycles. The van der Waals surface area contributed by atoms with Gasteiger partial charge in [-0.25, -0.2) is 9.79 Å². The number of nitrogens with one attached hydrogen (secondary N) is 3. The predicted octanol–water partition coefficient (Wildman–Crippen LogP) is 0.987. The maximum absolute atomic E-state index is 11.9. The third-order valence-corrected chi connectivity index (χ3v) is 3.55. The second kappa shape index (κ2) is 6.97. The van der Waals surface area contributed by atoms with Crippen LogP contribution in [0.5, 0.6) is 0 Å². The number of hydrazone groups is 1. The van der Waals surface area contributed by atoms with Gasteiger partial charge in [0.1, 0.15) is 5.60 Å². The fourth-order valence-corrected chi connectivity index (χ4v) is 2.54. The van der Waals surface area contributed by atoms with Crippen LogP contribution in [0.15, 0.2) is 10.1 Å². The molecule has 2 rings (SSSR count). The average molecular weight is 323 g/mol. The Kier molecular flexibility index (Phi) is 5.23. The van der Waals surface area contributed by atoms with Crippen molar-refractivity contribution in [3.8, 4) is 0 Å². The van der Waals surface area contributed by atoms with Gasteiger partial charge in [-0.1, -0.05) is 6.92 Å². The fraction of sp³-hybridized carbons (Fsp3) is 0.733. The van der Waals surface area contributed by atoms with Crippen LogP contribution in [0.25, 0.3) is 0 Å². The Hall–Kier alpha value is -2.12. The molecule has 3 N–H and O–H groups in total. The molecule has 1 fully saturated rings. The third kappa shape index (κ3) is 5.54. The summed E-state index contributed by atoms with van der Waals surface area (Å²) in [5, 5.41) is 9.39. The number of guanidine groups is 1. The normalized spacial score (nSPS) is 27.6. The summed E-state index contributed by atoms with van der Waals surface area (Å²) in [7, 11) is 0. The van der Waals surface area contributed by atoms with Gasteiger partial charge < -0.3 is 10.1 Å². The van der Waals surface area contributed by atoms with Crippen molar-refractivity contribution in [1.82, 2.24) is 16.1 Å². The molecule has 0 bridgehead atoms. The highest BCUT2D eigenvalue weighted by Crippen LogP contribution is 2.21. The van der Waals surface area contributed by atoms with Gasteiger partial charge in [0.05, 0.1) is 6.04 Å². The number of carbonyl (C=O) groups is 2. The van der Waals surface area contributed by atoms with Crippen molar-refractivity contribution in [2.75, 3.05) is 6.54 Å². The van der Waals surface area contributed by atoms with Gasteiger partial charge in [0.2, 0.25) is 11.9 Å². The number of alkyl carbamates (subject to hydrolysis) is 1. The smallest absolute Gasteiger partial charge is 0.414 e. The molecule has 23 heavy (non-hydrogen) atoms. The Bertz CT molecular complexity index is 524. The number of carbonyl (C=O) groups excluding carboxylic acids is 2. The maximum Gasteiger partial charge on any atom is 0.414 e. The molecule has 3 atom stereocenters. The summed E-state index contributed by atoms with van der Waals surface area (Å²) in [4.78, 5) is 27.6. The van der Waals surface area contributed by atoms with E-state index in [9.17, 15) is 9.59 Å². The molecule has 0 aromatic heterocycles. The van der Waals surface area contributed by atoms with Crippen LogP contribution in [-0.2, 0) is 9.53 Å². The van der Waals surface area contributed by atoms with E-state index in [0.29, 0.717) is 12.3 Å². The molecule has 0 aromatic rings. The first-order valence-electron chi connectivity index (χ1n) is 7.88. The van der Waals surface area contributed by atoms with Gasteiger partial charge in [-0.3, -0.25) is 15.5 Å². The number of amides is 2. The zero-order valence-corrected chi connectivity index (χ0v) is 14.0. The van der Waals surface area contributed by atoms with Crippen LogP contribution in [0, 0.1) is 11.8 Å². The zero-order chi connectivity index (χ0) is 17.0. The molecule has 3 unspecified atom stereocenters. The summed E-state index contributed by atoms with van der Waals surface area (Å²) in [6.45, 7) is 8.20. The second-order valence-corrected chi connectivity index (χ2v) is 7.09. The van der Waals surface area contributed by atoms with Crippen LogP contribution >= 0.6 is 0 Å². The van der Waals surface area contributed by atoms with Crippen LogP contribution in [0.2, 0.25) is 0 Å². The molecular formula is C15H25N5O3. The standard InChI is InChI=1S/C15H25N5O3/c1-9-5-10(12(21)16-7-9)6-11-8-17-13(20-19-11)18-14(22)23-15(2,3)4/h8-11,19H,5-7H2,1-4H3,(H,16,21)(H,18,20,22). The van der Waals surface area contributed by atoms with Crippen molar-refractivity contribution in [2.24, 2.45) is 21.9 Å². The van der Waals surface area contributed by atoms with Crippen LogP contribution in [0.1, 0.15) is 40.5 Å². The highest BCUT2D eigenvalue weighted by atomic mass is 16.6. The lowest BCUT2D eigenvalue weighted by molar-refractivity contribution is -0.127. The number of rotatable bonds is 2. The summed E-state index contributed by atoms with van der Waals surface area (Å²) in [6, 6.07) is -0.125. The van der Waals surface area contributed by atoms with E-state index in [4.69, 9.17) is 4.74 Å². The largest absolute Gasteiger partial charge is 0.444 e. The van der Waals surface area contributed by atoms with E-state index >= 15 is 0 Å². The van der Waals surface area contributed by atoms with Crippen molar-refractivity contribution < 1.29 is 14.3 Å². The van der Waals surface area contributed by atoms with Crippen LogP contribution in [0.4, 0.5) is 4.79 Å². The minimum Gasteiger partial charge on any atom is -0.444 e. The highest BCUT2D eigenvalue weighted by Gasteiger charge is 2.29. The first-order chi connectivity index (χ1) is 10.7. The molecule has 8 heteroatoms. The lowest BCUT2D eigenvalue weighted by Gasteiger charge is -2.29. The number of piperidine rings is 1. The van der Waals surface area contributed by atoms with E-state index in [-0.39, 0.29) is 23.8 Å². The van der Waals surface area contributed by atoms with Gasteiger partial charge >= 0.3 is 6.09 Å². The number of hydrogen-bond acceptors (Lipinski definition) is 6. The molecule has 0 spiro atoms. The summed E-state index contributed by atoms with van der Waals surface area (Å²) in [5.41, 5.74) is 2.33. The van der Waals surface area contributed by atoms with Crippen molar-refractivity contribution in [3.05, 3.63) is 0 Å². The van der Waals surface area contributed by atoms with Crippen molar-refractivity contribution in [1.29, 1.82) is 0 Å². The van der Waals surface area contributed by atoms with Gasteiger partial charge in [0, 0.05) is 18.7 Å². The number of ether oxygens (including phenoxy) is 1. The molecular weight excluding hydrogens is 298 g/mol. The third-order valence-electron chi connectivity index (χ3n) is 3.55. The molecule has 2 amide bonds. The Morgan fingerprint density at radius 1 is 1.48 bits per heavy atom. The lowest BCUT2D eigenvalue weighted by atomic mass is 9.87. The van der Waals surface area contributed by atoms with Crippen molar-refractivity contribution in [2.45, 2.75) is 52.2 Å². The molecule has 2 aliphatic heterocycles. The van der Waals surface area contributed by atoms with Crippen LogP contribution in [0.3, 0.4) is 0 Å². The topological polar surface area (TPSA) is 104 Å². The summed E-state index contributed by atoms with van der Waals surface area (Å²) >= 11 is 0. The van der Waals surface area contributed by atoms with E-state index in [1.807, 2.05) is 0 Å². The number of nitrogens with zero attached hydrogens (tertiary/aromatic N) is 2. The molecule has 0 radical (unpaired) electrons. The van der Waals surface area contributed by atoms with Gasteiger partial charge in [0.25, 0.3) is 0 Å². The van der Waals surface area contributed by atoms with E-state index < -0.39 is 11.7 Å². The minimum atomic E-state index is -0.603. The number of hydrogen-bond donors (Lipinski definition) is 3. The van der Waals surface area contributed by atoms with Gasteiger partial charge in [-0.15, -0.1) is 5.10 Å². The highest BCUT2D eigenvalue weighted by molar-refractivity contribution is 5.99. The fourth-order valence-electron chi connectivity index (χ4n) is 2.54. The van der Waals surface area contributed by atoms with Crippen molar-refractivity contribution >= 4 is 24.2 Å². The van der Waals surface area contributed by atoms with Crippen molar-refractivity contribution in [3.63, 3.8) is 0 Å². The quantitative estimate of drug-likeness (QED) is 0.705. The SMILES string of the molecule is CC1CNC(=O)C(CC2C=NC(NC(=O)OC(C)(C)C)=NN2)C1. The van der Waals surface area contributed by atoms with E-state index in [2.05, 4.69) is 33.1 Å². The Morgan fingerprint density at radius 2 is 2.22 bits per heavy atom. The van der Waals surface area contributed by atoms with Gasteiger partial charge in [-0.05, 0) is 39.5 Å². The van der Waals surface area contributed by atoms with E-state index in [1.165, 1.54) is 0 Å². The zero-order valence-electron chi connectivity index (χ0n) is 14.0.